The predicted octanol–water partition coefficient (Wildman–Crippen LogP) is 4.65. The molecule has 0 fully saturated rings. The molecule has 8 heteroatoms. The predicted molar refractivity (Wildman–Crippen MR) is 115 cm³/mol. The molecular weight excluding hydrogens is 372 g/mol. The van der Waals surface area contributed by atoms with Gasteiger partial charge in [0, 0.05) is 18.3 Å². The van der Waals surface area contributed by atoms with Gasteiger partial charge in [-0.05, 0) is 31.2 Å². The Labute approximate surface area is 169 Å². The molecule has 0 aliphatic heterocycles. The lowest BCUT2D eigenvalue weighted by Gasteiger charge is -2.29. The summed E-state index contributed by atoms with van der Waals surface area (Å²) in [5.74, 6) is 0.511. The van der Waals surface area contributed by atoms with Gasteiger partial charge in [0.25, 0.3) is 0 Å². The Kier molecular flexibility index (Phi) is 6.21. The maximum Gasteiger partial charge on any atom is 0.216 e. The molecule has 2 heterocycles. The van der Waals surface area contributed by atoms with Crippen molar-refractivity contribution in [2.45, 2.75) is 6.92 Å². The standard InChI is InChI=1S/C20H27N6OS/c1-6-25(11-12-26(2,3)4)16-9-7-15(8-10-16)23-24-17-13-18(27-5)22-20-19(17)21-14-28-20/h7-10,13-14H,6,11-12H2,1-5H3/q+1. The summed E-state index contributed by atoms with van der Waals surface area (Å²) >= 11 is 1.46. The lowest BCUT2D eigenvalue weighted by atomic mass is 10.2. The summed E-state index contributed by atoms with van der Waals surface area (Å²) in [5, 5.41) is 8.76. The normalized spacial score (nSPS) is 12.0. The summed E-state index contributed by atoms with van der Waals surface area (Å²) in [6.45, 7) is 5.25. The molecule has 0 unspecified atom stereocenters. The highest BCUT2D eigenvalue weighted by Crippen LogP contribution is 2.31. The number of methoxy groups -OCH3 is 1. The quantitative estimate of drug-likeness (QED) is 0.409. The number of pyridine rings is 1. The van der Waals surface area contributed by atoms with Gasteiger partial charge in [-0.3, -0.25) is 0 Å². The average Bonchev–Trinajstić information content (AvgIpc) is 3.15. The summed E-state index contributed by atoms with van der Waals surface area (Å²) < 4.78 is 6.19. The summed E-state index contributed by atoms with van der Waals surface area (Å²) in [5.41, 5.74) is 5.14. The second-order valence-corrected chi connectivity index (χ2v) is 8.33. The van der Waals surface area contributed by atoms with Gasteiger partial charge in [-0.15, -0.1) is 16.5 Å². The number of nitrogens with zero attached hydrogens (tertiary/aromatic N) is 6. The average molecular weight is 400 g/mol. The first-order valence-electron chi connectivity index (χ1n) is 9.25. The van der Waals surface area contributed by atoms with Crippen molar-refractivity contribution in [1.82, 2.24) is 9.97 Å². The fourth-order valence-corrected chi connectivity index (χ4v) is 3.40. The van der Waals surface area contributed by atoms with Crippen molar-refractivity contribution in [3.05, 3.63) is 35.8 Å². The molecule has 0 N–H and O–H groups in total. The SMILES string of the molecule is CCN(CC[N+](C)(C)C)c1ccc(N=Nc2cc(OC)nc3scnc23)cc1. The zero-order valence-electron chi connectivity index (χ0n) is 17.1. The van der Waals surface area contributed by atoms with Crippen LogP contribution in [0.2, 0.25) is 0 Å². The van der Waals surface area contributed by atoms with Crippen molar-refractivity contribution in [2.24, 2.45) is 10.2 Å². The zero-order chi connectivity index (χ0) is 20.1. The number of azo groups is 1. The molecule has 0 bridgehead atoms. The number of ether oxygens (including phenoxy) is 1. The van der Waals surface area contributed by atoms with Crippen molar-refractivity contribution in [3.8, 4) is 5.88 Å². The first-order chi connectivity index (χ1) is 13.4. The molecule has 148 valence electrons. The van der Waals surface area contributed by atoms with Crippen LogP contribution in [-0.2, 0) is 0 Å². The first-order valence-corrected chi connectivity index (χ1v) is 10.1. The van der Waals surface area contributed by atoms with E-state index in [4.69, 9.17) is 4.74 Å². The topological polar surface area (TPSA) is 63.0 Å². The van der Waals surface area contributed by atoms with E-state index in [-0.39, 0.29) is 0 Å². The highest BCUT2D eigenvalue weighted by molar-refractivity contribution is 7.16. The monoisotopic (exact) mass is 399 g/mol. The van der Waals surface area contributed by atoms with Gasteiger partial charge >= 0.3 is 0 Å². The third kappa shape index (κ3) is 5.02. The molecule has 7 nitrogen and oxygen atoms in total. The van der Waals surface area contributed by atoms with Crippen LogP contribution in [0.15, 0.2) is 46.1 Å². The molecule has 0 atom stereocenters. The van der Waals surface area contributed by atoms with E-state index in [2.05, 4.69) is 65.3 Å². The molecule has 3 rings (SSSR count). The van der Waals surface area contributed by atoms with E-state index in [1.54, 1.807) is 18.7 Å². The minimum Gasteiger partial charge on any atom is -0.481 e. The third-order valence-corrected chi connectivity index (χ3v) is 5.10. The maximum absolute atomic E-state index is 5.24. The second kappa shape index (κ2) is 8.62. The Morgan fingerprint density at radius 3 is 2.54 bits per heavy atom. The smallest absolute Gasteiger partial charge is 0.216 e. The molecule has 0 aliphatic rings. The first kappa shape index (κ1) is 20.2. The molecule has 0 radical (unpaired) electrons. The Balaban J connectivity index is 1.76. The van der Waals surface area contributed by atoms with Crippen LogP contribution in [0.25, 0.3) is 10.3 Å². The van der Waals surface area contributed by atoms with Gasteiger partial charge in [-0.2, -0.15) is 5.11 Å². The highest BCUT2D eigenvalue weighted by atomic mass is 32.1. The summed E-state index contributed by atoms with van der Waals surface area (Å²) in [7, 11) is 8.23. The summed E-state index contributed by atoms with van der Waals surface area (Å²) in [4.78, 5) is 11.9. The molecule has 3 aromatic rings. The molecule has 28 heavy (non-hydrogen) atoms. The van der Waals surface area contributed by atoms with Crippen molar-refractivity contribution in [3.63, 3.8) is 0 Å². The number of anilines is 1. The number of hydrogen-bond acceptors (Lipinski definition) is 7. The maximum atomic E-state index is 5.24. The second-order valence-electron chi connectivity index (χ2n) is 7.50. The van der Waals surface area contributed by atoms with Crippen molar-refractivity contribution >= 4 is 38.7 Å². The number of rotatable bonds is 8. The molecule has 0 saturated carbocycles. The Morgan fingerprint density at radius 2 is 1.89 bits per heavy atom. The molecule has 0 amide bonds. The summed E-state index contributed by atoms with van der Waals surface area (Å²) in [6, 6.07) is 9.93. The third-order valence-electron chi connectivity index (χ3n) is 4.38. The number of likely N-dealkylation sites (N-methyl/N-ethyl adjacent to an activating group) is 2. The number of quaternary nitrogens is 1. The lowest BCUT2D eigenvalue weighted by molar-refractivity contribution is -0.868. The van der Waals surface area contributed by atoms with Crippen LogP contribution in [0.1, 0.15) is 6.92 Å². The highest BCUT2D eigenvalue weighted by Gasteiger charge is 2.12. The number of fused-ring (bicyclic) bond motifs is 1. The van der Waals surface area contributed by atoms with Crippen LogP contribution in [-0.4, -0.2) is 62.3 Å². The van der Waals surface area contributed by atoms with Crippen molar-refractivity contribution in [2.75, 3.05) is 52.8 Å². The Hall–Kier alpha value is -2.58. The zero-order valence-corrected chi connectivity index (χ0v) is 17.9. The largest absolute Gasteiger partial charge is 0.481 e. The number of hydrogen-bond donors (Lipinski definition) is 0. The molecule has 0 saturated heterocycles. The van der Waals surface area contributed by atoms with E-state index in [0.29, 0.717) is 11.6 Å². The van der Waals surface area contributed by atoms with Crippen LogP contribution < -0.4 is 9.64 Å². The van der Waals surface area contributed by atoms with Crippen molar-refractivity contribution in [1.29, 1.82) is 0 Å². The van der Waals surface area contributed by atoms with E-state index < -0.39 is 0 Å². The fraction of sp³-hybridized carbons (Fsp3) is 0.400. The van der Waals surface area contributed by atoms with E-state index in [0.717, 1.165) is 40.2 Å². The fourth-order valence-electron chi connectivity index (χ4n) is 2.73. The van der Waals surface area contributed by atoms with Gasteiger partial charge in [0.1, 0.15) is 16.0 Å². The Bertz CT molecular complexity index is 945. The minimum absolute atomic E-state index is 0.511. The van der Waals surface area contributed by atoms with Crippen LogP contribution >= 0.6 is 11.3 Å². The van der Waals surface area contributed by atoms with E-state index in [1.165, 1.54) is 17.0 Å². The van der Waals surface area contributed by atoms with Gasteiger partial charge in [0.2, 0.25) is 5.88 Å². The molecule has 0 spiro atoms. The molecule has 1 aromatic carbocycles. The van der Waals surface area contributed by atoms with E-state index in [1.807, 2.05) is 12.1 Å². The minimum atomic E-state index is 0.511. The Morgan fingerprint density at radius 1 is 1.14 bits per heavy atom. The van der Waals surface area contributed by atoms with Crippen LogP contribution in [0.5, 0.6) is 5.88 Å². The van der Waals surface area contributed by atoms with Gasteiger partial charge in [-0.25, -0.2) is 9.97 Å². The van der Waals surface area contributed by atoms with Gasteiger partial charge < -0.3 is 14.1 Å². The summed E-state index contributed by atoms with van der Waals surface area (Å²) in [6.07, 6.45) is 0. The molecule has 0 aliphatic carbocycles. The van der Waals surface area contributed by atoms with Gasteiger partial charge in [0.05, 0.1) is 52.5 Å². The van der Waals surface area contributed by atoms with E-state index >= 15 is 0 Å². The number of benzene rings is 1. The van der Waals surface area contributed by atoms with Crippen LogP contribution in [0.3, 0.4) is 0 Å². The molecular formula is C20H27N6OS+. The molecule has 2 aromatic heterocycles. The van der Waals surface area contributed by atoms with Crippen LogP contribution in [0.4, 0.5) is 17.1 Å². The number of aromatic nitrogens is 2. The van der Waals surface area contributed by atoms with Crippen molar-refractivity contribution < 1.29 is 9.22 Å². The van der Waals surface area contributed by atoms with Gasteiger partial charge in [0.15, 0.2) is 0 Å². The number of thiazole rings is 1. The van der Waals surface area contributed by atoms with E-state index in [9.17, 15) is 0 Å². The van der Waals surface area contributed by atoms with Crippen LogP contribution in [0, 0.1) is 0 Å². The van der Waals surface area contributed by atoms with Gasteiger partial charge in [-0.1, -0.05) is 0 Å². The lowest BCUT2D eigenvalue weighted by Crippen LogP contribution is -2.42.